The van der Waals surface area contributed by atoms with Gasteiger partial charge >= 0.3 is 0 Å². The summed E-state index contributed by atoms with van der Waals surface area (Å²) in [6.45, 7) is 10.4. The van der Waals surface area contributed by atoms with E-state index >= 15 is 0 Å². The number of hydrogen-bond donors (Lipinski definition) is 1. The van der Waals surface area contributed by atoms with Gasteiger partial charge in [-0.2, -0.15) is 0 Å². The highest BCUT2D eigenvalue weighted by atomic mass is 35.5. The first-order valence-corrected chi connectivity index (χ1v) is 7.73. The molecule has 1 heterocycles. The molecular weight excluding hydrogens is 275 g/mol. The van der Waals surface area contributed by atoms with E-state index in [9.17, 15) is 4.39 Å². The molecule has 0 aromatic heterocycles. The van der Waals surface area contributed by atoms with E-state index in [-0.39, 0.29) is 11.9 Å². The molecule has 1 fully saturated rings. The van der Waals surface area contributed by atoms with Crippen LogP contribution in [0.2, 0.25) is 5.02 Å². The normalized spacial score (nSPS) is 23.7. The van der Waals surface area contributed by atoms with Crippen LogP contribution in [0.3, 0.4) is 0 Å². The third-order valence-corrected chi connectivity index (χ3v) is 4.49. The summed E-state index contributed by atoms with van der Waals surface area (Å²) in [6.07, 6.45) is 0. The van der Waals surface area contributed by atoms with E-state index in [1.807, 2.05) is 0 Å². The molecule has 2 rings (SSSR count). The number of halogens is 2. The Morgan fingerprint density at radius 3 is 2.50 bits per heavy atom. The van der Waals surface area contributed by atoms with Crippen LogP contribution in [0.4, 0.5) is 10.1 Å². The Balaban J connectivity index is 2.36. The predicted octanol–water partition coefficient (Wildman–Crippen LogP) is 3.94. The Kier molecular flexibility index (Phi) is 4.92. The second kappa shape index (κ2) is 6.31. The Morgan fingerprint density at radius 1 is 1.25 bits per heavy atom. The van der Waals surface area contributed by atoms with E-state index in [1.165, 1.54) is 6.07 Å². The molecule has 1 saturated heterocycles. The van der Waals surface area contributed by atoms with Crippen LogP contribution in [0.1, 0.15) is 27.7 Å². The van der Waals surface area contributed by atoms with Crippen LogP contribution in [0.5, 0.6) is 0 Å². The van der Waals surface area contributed by atoms with Crippen LogP contribution >= 0.6 is 11.6 Å². The monoisotopic (exact) mass is 298 g/mol. The fourth-order valence-electron chi connectivity index (χ4n) is 2.86. The van der Waals surface area contributed by atoms with Gasteiger partial charge in [-0.1, -0.05) is 45.4 Å². The second-order valence-electron chi connectivity index (χ2n) is 6.29. The molecule has 0 radical (unpaired) electrons. The molecule has 0 saturated carbocycles. The van der Waals surface area contributed by atoms with Gasteiger partial charge in [-0.05, 0) is 24.0 Å². The number of hydrogen-bond acceptors (Lipinski definition) is 2. The summed E-state index contributed by atoms with van der Waals surface area (Å²) in [6, 6.07) is 5.54. The SMILES string of the molecule is CC(C)C1CN(c2c(F)cccc2Cl)C(C(C)C)CN1. The van der Waals surface area contributed by atoms with Crippen LogP contribution in [0.25, 0.3) is 0 Å². The van der Waals surface area contributed by atoms with Gasteiger partial charge in [0, 0.05) is 25.2 Å². The first-order valence-electron chi connectivity index (χ1n) is 7.35. The topological polar surface area (TPSA) is 15.3 Å². The van der Waals surface area contributed by atoms with Crippen LogP contribution in [0, 0.1) is 17.7 Å². The van der Waals surface area contributed by atoms with Gasteiger partial charge in [0.15, 0.2) is 0 Å². The van der Waals surface area contributed by atoms with Gasteiger partial charge in [0.25, 0.3) is 0 Å². The highest BCUT2D eigenvalue weighted by Crippen LogP contribution is 2.33. The minimum Gasteiger partial charge on any atom is -0.362 e. The summed E-state index contributed by atoms with van der Waals surface area (Å²) in [5.74, 6) is 0.718. The smallest absolute Gasteiger partial charge is 0.148 e. The average molecular weight is 299 g/mol. The van der Waals surface area contributed by atoms with Crippen molar-refractivity contribution in [1.82, 2.24) is 5.32 Å². The lowest BCUT2D eigenvalue weighted by Gasteiger charge is -2.45. The summed E-state index contributed by atoms with van der Waals surface area (Å²) >= 11 is 6.26. The zero-order chi connectivity index (χ0) is 14.9. The van der Waals surface area contributed by atoms with Gasteiger partial charge in [0.1, 0.15) is 5.82 Å². The van der Waals surface area contributed by atoms with E-state index in [2.05, 4.69) is 37.9 Å². The van der Waals surface area contributed by atoms with Crippen molar-refractivity contribution >= 4 is 17.3 Å². The van der Waals surface area contributed by atoms with Crippen LogP contribution in [-0.2, 0) is 0 Å². The molecular formula is C16H24ClFN2. The molecule has 0 amide bonds. The number of anilines is 1. The van der Waals surface area contributed by atoms with Gasteiger partial charge in [-0.15, -0.1) is 0 Å². The number of benzene rings is 1. The van der Waals surface area contributed by atoms with Crippen molar-refractivity contribution in [1.29, 1.82) is 0 Å². The van der Waals surface area contributed by atoms with Gasteiger partial charge in [-0.3, -0.25) is 0 Å². The van der Waals surface area contributed by atoms with Crippen LogP contribution < -0.4 is 10.2 Å². The highest BCUT2D eigenvalue weighted by molar-refractivity contribution is 6.33. The van der Waals surface area contributed by atoms with Gasteiger partial charge in [0.05, 0.1) is 10.7 Å². The lowest BCUT2D eigenvalue weighted by Crippen LogP contribution is -2.60. The zero-order valence-corrected chi connectivity index (χ0v) is 13.4. The largest absolute Gasteiger partial charge is 0.362 e. The van der Waals surface area contributed by atoms with Crippen molar-refractivity contribution in [3.63, 3.8) is 0 Å². The van der Waals surface area contributed by atoms with Gasteiger partial charge in [0.2, 0.25) is 0 Å². The molecule has 0 spiro atoms. The molecule has 20 heavy (non-hydrogen) atoms. The number of para-hydroxylation sites is 1. The van der Waals surface area contributed by atoms with Crippen molar-refractivity contribution in [3.8, 4) is 0 Å². The van der Waals surface area contributed by atoms with E-state index in [1.54, 1.807) is 12.1 Å². The van der Waals surface area contributed by atoms with Crippen LogP contribution in [0.15, 0.2) is 18.2 Å². The summed E-state index contributed by atoms with van der Waals surface area (Å²) in [5.41, 5.74) is 0.556. The molecule has 4 heteroatoms. The summed E-state index contributed by atoms with van der Waals surface area (Å²) in [5, 5.41) is 4.08. The average Bonchev–Trinajstić information content (AvgIpc) is 2.38. The summed E-state index contributed by atoms with van der Waals surface area (Å²) < 4.78 is 14.3. The van der Waals surface area contributed by atoms with Crippen molar-refractivity contribution in [3.05, 3.63) is 29.0 Å². The Labute approximate surface area is 126 Å². The number of nitrogens with one attached hydrogen (secondary N) is 1. The van der Waals surface area contributed by atoms with Crippen molar-refractivity contribution in [2.75, 3.05) is 18.0 Å². The third kappa shape index (κ3) is 3.09. The maximum Gasteiger partial charge on any atom is 0.148 e. The Bertz CT molecular complexity index is 442. The number of rotatable bonds is 3. The minimum absolute atomic E-state index is 0.229. The zero-order valence-electron chi connectivity index (χ0n) is 12.7. The Hall–Kier alpha value is -0.800. The lowest BCUT2D eigenvalue weighted by molar-refractivity contribution is 0.293. The second-order valence-corrected chi connectivity index (χ2v) is 6.70. The molecule has 1 aliphatic rings. The predicted molar refractivity (Wildman–Crippen MR) is 84.0 cm³/mol. The standard InChI is InChI=1S/C16H24ClFN2/c1-10(2)14-9-20(15(8-19-14)11(3)4)16-12(17)6-5-7-13(16)18/h5-7,10-11,14-15,19H,8-9H2,1-4H3. The maximum absolute atomic E-state index is 14.3. The summed E-state index contributed by atoms with van der Waals surface area (Å²) in [4.78, 5) is 2.16. The maximum atomic E-state index is 14.3. The molecule has 2 atom stereocenters. The molecule has 0 aliphatic carbocycles. The van der Waals surface area contributed by atoms with E-state index < -0.39 is 0 Å². The first-order chi connectivity index (χ1) is 9.41. The first kappa shape index (κ1) is 15.6. The molecule has 1 N–H and O–H groups in total. The van der Waals surface area contributed by atoms with Crippen molar-refractivity contribution in [2.24, 2.45) is 11.8 Å². The van der Waals surface area contributed by atoms with E-state index in [0.717, 1.165) is 13.1 Å². The number of piperazine rings is 1. The molecule has 2 nitrogen and oxygen atoms in total. The van der Waals surface area contributed by atoms with Crippen molar-refractivity contribution in [2.45, 2.75) is 39.8 Å². The summed E-state index contributed by atoms with van der Waals surface area (Å²) in [7, 11) is 0. The number of nitrogens with zero attached hydrogens (tertiary/aromatic N) is 1. The van der Waals surface area contributed by atoms with Crippen molar-refractivity contribution < 1.29 is 4.39 Å². The highest BCUT2D eigenvalue weighted by Gasteiger charge is 2.33. The molecule has 1 aromatic rings. The Morgan fingerprint density at radius 2 is 1.95 bits per heavy atom. The van der Waals surface area contributed by atoms with E-state index in [4.69, 9.17) is 11.6 Å². The molecule has 2 unspecified atom stereocenters. The molecule has 112 valence electrons. The van der Waals surface area contributed by atoms with Crippen LogP contribution in [-0.4, -0.2) is 25.2 Å². The van der Waals surface area contributed by atoms with Gasteiger partial charge < -0.3 is 10.2 Å². The minimum atomic E-state index is -0.229. The fraction of sp³-hybridized carbons (Fsp3) is 0.625. The molecule has 1 aliphatic heterocycles. The third-order valence-electron chi connectivity index (χ3n) is 4.18. The van der Waals surface area contributed by atoms with Gasteiger partial charge in [-0.25, -0.2) is 4.39 Å². The quantitative estimate of drug-likeness (QED) is 0.909. The lowest BCUT2D eigenvalue weighted by atomic mass is 9.93. The molecule has 1 aromatic carbocycles. The molecule has 0 bridgehead atoms. The van der Waals surface area contributed by atoms with E-state index in [0.29, 0.717) is 28.6 Å². The fourth-order valence-corrected chi connectivity index (χ4v) is 3.13.